The normalized spacial score (nSPS) is 16.1. The van der Waals surface area contributed by atoms with Gasteiger partial charge in [-0.15, -0.1) is 0 Å². The number of para-hydroxylation sites is 1. The highest BCUT2D eigenvalue weighted by Crippen LogP contribution is 2.33. The summed E-state index contributed by atoms with van der Waals surface area (Å²) in [6.45, 7) is -0.0546. The molecule has 9 nitrogen and oxygen atoms in total. The first-order valence-corrected chi connectivity index (χ1v) is 10.8. The van der Waals surface area contributed by atoms with Crippen LogP contribution in [0.25, 0.3) is 0 Å². The number of H-pyrrole nitrogens is 2. The number of nitrogens with zero attached hydrogens (tertiary/aromatic N) is 2. The second-order valence-corrected chi connectivity index (χ2v) is 8.80. The lowest BCUT2D eigenvalue weighted by molar-refractivity contribution is 0.165. The molecule has 4 rings (SSSR count). The van der Waals surface area contributed by atoms with Gasteiger partial charge in [-0.1, -0.05) is 48.5 Å². The first kappa shape index (κ1) is 19.9. The standard InChI is InChI=1S/C20H20N4O5S/c25-19-21-18(22-23-19)11-15-10-16-8-4-5-9-17(16)24(12-15)30(27,28)20(26)29-13-14-6-2-1-3-7-14/h1-9,15H,10-13H2,(H2,21,22,23,25)/t15-/m0/s1. The quantitative estimate of drug-likeness (QED) is 0.599. The van der Waals surface area contributed by atoms with Crippen molar-refractivity contribution in [1.82, 2.24) is 15.2 Å². The molecule has 2 heterocycles. The van der Waals surface area contributed by atoms with Gasteiger partial charge in [-0.2, -0.15) is 13.4 Å². The number of aromatic amines is 2. The topological polar surface area (TPSA) is 125 Å². The van der Waals surface area contributed by atoms with Gasteiger partial charge < -0.3 is 4.74 Å². The summed E-state index contributed by atoms with van der Waals surface area (Å²) in [6.07, 6.45) is 0.953. The van der Waals surface area contributed by atoms with E-state index < -0.39 is 21.0 Å². The van der Waals surface area contributed by atoms with Crippen molar-refractivity contribution < 1.29 is 17.9 Å². The highest BCUT2D eigenvalue weighted by atomic mass is 32.2. The van der Waals surface area contributed by atoms with E-state index in [9.17, 15) is 18.0 Å². The lowest BCUT2D eigenvalue weighted by Crippen LogP contribution is -2.44. The minimum Gasteiger partial charge on any atom is -0.448 e. The molecule has 1 aliphatic rings. The molecule has 0 fully saturated rings. The number of carbonyl (C=O) groups is 1. The lowest BCUT2D eigenvalue weighted by atomic mass is 9.91. The Bertz CT molecular complexity index is 1200. The van der Waals surface area contributed by atoms with Gasteiger partial charge in [-0.25, -0.2) is 14.7 Å². The summed E-state index contributed by atoms with van der Waals surface area (Å²) in [4.78, 5) is 27.6. The zero-order valence-electron chi connectivity index (χ0n) is 15.9. The van der Waals surface area contributed by atoms with Crippen molar-refractivity contribution in [3.8, 4) is 0 Å². The molecular formula is C20H20N4O5S. The number of fused-ring (bicyclic) bond motifs is 1. The third-order valence-electron chi connectivity index (χ3n) is 4.93. The molecule has 10 heteroatoms. The summed E-state index contributed by atoms with van der Waals surface area (Å²) in [5.74, 6) is 0.268. The molecule has 2 aromatic carbocycles. The molecule has 0 spiro atoms. The Hall–Kier alpha value is -3.40. The summed E-state index contributed by atoms with van der Waals surface area (Å²) < 4.78 is 32.3. The van der Waals surface area contributed by atoms with Gasteiger partial charge in [0, 0.05) is 13.0 Å². The van der Waals surface area contributed by atoms with Gasteiger partial charge in [0.15, 0.2) is 0 Å². The average Bonchev–Trinajstić information content (AvgIpc) is 3.16. The number of hydrogen-bond donors (Lipinski definition) is 2. The van der Waals surface area contributed by atoms with Crippen LogP contribution >= 0.6 is 0 Å². The Balaban J connectivity index is 1.56. The van der Waals surface area contributed by atoms with E-state index in [1.807, 2.05) is 18.2 Å². The largest absolute Gasteiger partial charge is 0.448 e. The van der Waals surface area contributed by atoms with Gasteiger partial charge in [0.2, 0.25) is 0 Å². The fourth-order valence-electron chi connectivity index (χ4n) is 3.55. The fourth-order valence-corrected chi connectivity index (χ4v) is 4.79. The summed E-state index contributed by atoms with van der Waals surface area (Å²) in [7, 11) is -4.39. The number of rotatable bonds is 5. The molecule has 1 aliphatic heterocycles. The van der Waals surface area contributed by atoms with Crippen LogP contribution in [-0.4, -0.2) is 35.4 Å². The molecule has 2 N–H and O–H groups in total. The predicted molar refractivity (Wildman–Crippen MR) is 109 cm³/mol. The zero-order valence-corrected chi connectivity index (χ0v) is 16.8. The van der Waals surface area contributed by atoms with E-state index in [1.165, 1.54) is 0 Å². The predicted octanol–water partition coefficient (Wildman–Crippen LogP) is 1.99. The van der Waals surface area contributed by atoms with Gasteiger partial charge in [0.25, 0.3) is 0 Å². The van der Waals surface area contributed by atoms with Gasteiger partial charge >= 0.3 is 21.0 Å². The Morgan fingerprint density at radius 1 is 1.10 bits per heavy atom. The Labute approximate surface area is 172 Å². The second-order valence-electron chi connectivity index (χ2n) is 7.08. The first-order chi connectivity index (χ1) is 14.4. The van der Waals surface area contributed by atoms with Crippen molar-refractivity contribution in [1.29, 1.82) is 0 Å². The maximum Gasteiger partial charge on any atom is 0.445 e. The van der Waals surface area contributed by atoms with Crippen LogP contribution in [0.15, 0.2) is 59.4 Å². The van der Waals surface area contributed by atoms with Crippen molar-refractivity contribution in [2.75, 3.05) is 10.8 Å². The molecule has 1 atom stereocenters. The van der Waals surface area contributed by atoms with Crippen LogP contribution in [-0.2, 0) is 34.2 Å². The first-order valence-electron chi connectivity index (χ1n) is 9.38. The molecule has 0 amide bonds. The van der Waals surface area contributed by atoms with Crippen LogP contribution in [0.5, 0.6) is 0 Å². The lowest BCUT2D eigenvalue weighted by Gasteiger charge is -2.34. The SMILES string of the molecule is O=C(OCc1ccccc1)S(=O)(=O)N1C[C@H](Cc2nc(=O)[nH][nH]2)Cc2ccccc21. The van der Waals surface area contributed by atoms with Crippen molar-refractivity contribution in [2.45, 2.75) is 19.4 Å². The molecule has 0 saturated heterocycles. The molecule has 0 radical (unpaired) electrons. The van der Waals surface area contributed by atoms with Gasteiger partial charge in [-0.3, -0.25) is 9.40 Å². The molecule has 1 aromatic heterocycles. The minimum atomic E-state index is -4.39. The highest BCUT2D eigenvalue weighted by Gasteiger charge is 2.38. The molecule has 0 bridgehead atoms. The van der Waals surface area contributed by atoms with E-state index in [2.05, 4.69) is 15.2 Å². The minimum absolute atomic E-state index is 0.0780. The third-order valence-corrected chi connectivity index (χ3v) is 6.39. The van der Waals surface area contributed by atoms with Crippen LogP contribution in [0.2, 0.25) is 0 Å². The van der Waals surface area contributed by atoms with E-state index in [-0.39, 0.29) is 19.1 Å². The van der Waals surface area contributed by atoms with Crippen molar-refractivity contribution in [3.05, 3.63) is 82.0 Å². The molecule has 3 aromatic rings. The molecule has 30 heavy (non-hydrogen) atoms. The fraction of sp³-hybridized carbons (Fsp3) is 0.250. The number of carbonyl (C=O) groups excluding carboxylic acids is 1. The number of anilines is 1. The smallest absolute Gasteiger partial charge is 0.445 e. The van der Waals surface area contributed by atoms with Crippen LogP contribution in [0.1, 0.15) is 17.0 Å². The number of hydrogen-bond acceptors (Lipinski definition) is 6. The van der Waals surface area contributed by atoms with Crippen LogP contribution < -0.4 is 9.99 Å². The molecule has 0 unspecified atom stereocenters. The van der Waals surface area contributed by atoms with E-state index in [0.29, 0.717) is 29.9 Å². The summed E-state index contributed by atoms with van der Waals surface area (Å²) in [5.41, 5.74) is 1.46. The van der Waals surface area contributed by atoms with Crippen molar-refractivity contribution in [2.24, 2.45) is 5.92 Å². The third kappa shape index (κ3) is 4.13. The molecule has 156 valence electrons. The number of sulfonamides is 1. The van der Waals surface area contributed by atoms with E-state index in [4.69, 9.17) is 4.74 Å². The summed E-state index contributed by atoms with van der Waals surface area (Å²) in [5, 5.41) is 3.76. The maximum atomic E-state index is 13.0. The monoisotopic (exact) mass is 428 g/mol. The Morgan fingerprint density at radius 2 is 1.83 bits per heavy atom. The number of benzene rings is 2. The number of aromatic nitrogens is 3. The number of ether oxygens (including phenoxy) is 1. The summed E-state index contributed by atoms with van der Waals surface area (Å²) >= 11 is 0. The van der Waals surface area contributed by atoms with Crippen molar-refractivity contribution >= 4 is 21.0 Å². The molecule has 0 saturated carbocycles. The van der Waals surface area contributed by atoms with Crippen LogP contribution in [0.4, 0.5) is 10.5 Å². The summed E-state index contributed by atoms with van der Waals surface area (Å²) in [6, 6.07) is 15.9. The number of nitrogens with one attached hydrogen (secondary N) is 2. The van der Waals surface area contributed by atoms with E-state index in [0.717, 1.165) is 9.87 Å². The van der Waals surface area contributed by atoms with Gasteiger partial charge in [-0.05, 0) is 29.5 Å². The Kier molecular flexibility index (Phi) is 5.40. The van der Waals surface area contributed by atoms with Crippen LogP contribution in [0.3, 0.4) is 0 Å². The van der Waals surface area contributed by atoms with Gasteiger partial charge in [0.05, 0.1) is 5.69 Å². The average molecular weight is 428 g/mol. The Morgan fingerprint density at radius 3 is 2.57 bits per heavy atom. The van der Waals surface area contributed by atoms with Gasteiger partial charge in [0.1, 0.15) is 12.4 Å². The van der Waals surface area contributed by atoms with Crippen LogP contribution in [0, 0.1) is 5.92 Å². The van der Waals surface area contributed by atoms with E-state index >= 15 is 0 Å². The zero-order chi connectivity index (χ0) is 21.1. The second kappa shape index (κ2) is 8.15. The highest BCUT2D eigenvalue weighted by molar-refractivity contribution is 8.06. The van der Waals surface area contributed by atoms with E-state index in [1.54, 1.807) is 36.4 Å². The maximum absolute atomic E-state index is 13.0. The molecular weight excluding hydrogens is 408 g/mol. The molecule has 0 aliphatic carbocycles. The van der Waals surface area contributed by atoms with Crippen molar-refractivity contribution in [3.63, 3.8) is 0 Å².